The maximum Gasteiger partial charge on any atom is 0.326 e. The van der Waals surface area contributed by atoms with Gasteiger partial charge in [0.05, 0.1) is 5.69 Å². The third-order valence-electron chi connectivity index (χ3n) is 2.10. The molecule has 0 fully saturated rings. The molecule has 2 rings (SSSR count). The lowest BCUT2D eigenvalue weighted by Gasteiger charge is -2.00. The Balaban J connectivity index is 2.33. The van der Waals surface area contributed by atoms with Crippen molar-refractivity contribution in [1.29, 1.82) is 0 Å². The van der Waals surface area contributed by atoms with E-state index in [0.29, 0.717) is 22.2 Å². The van der Waals surface area contributed by atoms with Gasteiger partial charge in [-0.3, -0.25) is 4.79 Å². The Kier molecular flexibility index (Phi) is 3.12. The Morgan fingerprint density at radius 2 is 2.29 bits per heavy atom. The minimum Gasteiger partial charge on any atom is -0.480 e. The first-order chi connectivity index (χ1) is 8.08. The van der Waals surface area contributed by atoms with E-state index < -0.39 is 12.0 Å². The Morgan fingerprint density at radius 3 is 2.94 bits per heavy atom. The summed E-state index contributed by atoms with van der Waals surface area (Å²) in [7, 11) is 0. The first kappa shape index (κ1) is 11.6. The second-order valence-electron chi connectivity index (χ2n) is 3.38. The molecule has 17 heavy (non-hydrogen) atoms. The van der Waals surface area contributed by atoms with Gasteiger partial charge < -0.3 is 10.8 Å². The van der Waals surface area contributed by atoms with Crippen LogP contribution in [0.15, 0.2) is 17.6 Å². The summed E-state index contributed by atoms with van der Waals surface area (Å²) in [6, 6.07) is 0.630. The van der Waals surface area contributed by atoms with Gasteiger partial charge in [-0.2, -0.15) is 0 Å². The average Bonchev–Trinajstić information content (AvgIpc) is 2.77. The van der Waals surface area contributed by atoms with Gasteiger partial charge in [0.25, 0.3) is 0 Å². The van der Waals surface area contributed by atoms with Crippen molar-refractivity contribution < 1.29 is 9.90 Å². The van der Waals surface area contributed by atoms with Crippen LogP contribution in [-0.2, 0) is 4.79 Å². The van der Waals surface area contributed by atoms with Crippen molar-refractivity contribution in [2.24, 2.45) is 5.73 Å². The molecule has 0 amide bonds. The second kappa shape index (κ2) is 4.56. The molecule has 0 aliphatic heterocycles. The van der Waals surface area contributed by atoms with E-state index in [9.17, 15) is 4.79 Å². The zero-order chi connectivity index (χ0) is 12.4. The molecule has 0 aromatic carbocycles. The van der Waals surface area contributed by atoms with Crippen molar-refractivity contribution in [3.05, 3.63) is 29.2 Å². The monoisotopic (exact) mass is 250 g/mol. The number of aliphatic carboxylic acids is 1. The highest BCUT2D eigenvalue weighted by atomic mass is 32.1. The molecule has 3 N–H and O–H groups in total. The summed E-state index contributed by atoms with van der Waals surface area (Å²) in [5.41, 5.74) is 6.48. The summed E-state index contributed by atoms with van der Waals surface area (Å²) in [6.07, 6.45) is 1.63. The summed E-state index contributed by atoms with van der Waals surface area (Å²) in [5, 5.41) is 11.0. The molecule has 0 bridgehead atoms. The number of hydrogen-bond donors (Lipinski definition) is 2. The van der Waals surface area contributed by atoms with Gasteiger partial charge in [0.15, 0.2) is 0 Å². The molecule has 2 heterocycles. The van der Waals surface area contributed by atoms with Gasteiger partial charge in [-0.15, -0.1) is 11.3 Å². The number of rotatable bonds is 3. The standard InChI is InChI=1S/C10H10N4O2S/c1-5-12-3-2-6(13-5)9-14-7(4-17-9)8(11)10(15)16/h2-4,8H,11H2,1H3,(H,15,16). The van der Waals surface area contributed by atoms with Gasteiger partial charge in [-0.1, -0.05) is 0 Å². The quantitative estimate of drug-likeness (QED) is 0.842. The Bertz CT molecular complexity index is 555. The van der Waals surface area contributed by atoms with E-state index in [-0.39, 0.29) is 0 Å². The SMILES string of the molecule is Cc1nccc(-c2nc(C(N)C(=O)O)cs2)n1. The number of carboxylic acid groups (broad SMARTS) is 1. The van der Waals surface area contributed by atoms with Gasteiger partial charge in [0, 0.05) is 11.6 Å². The summed E-state index contributed by atoms with van der Waals surface area (Å²) in [6.45, 7) is 1.78. The Morgan fingerprint density at radius 1 is 1.53 bits per heavy atom. The smallest absolute Gasteiger partial charge is 0.326 e. The lowest BCUT2D eigenvalue weighted by atomic mass is 10.2. The lowest BCUT2D eigenvalue weighted by Crippen LogP contribution is -2.20. The molecule has 2 aromatic rings. The number of hydrogen-bond acceptors (Lipinski definition) is 6. The van der Waals surface area contributed by atoms with Crippen LogP contribution in [0.2, 0.25) is 0 Å². The Labute approximate surface area is 101 Å². The zero-order valence-electron chi connectivity index (χ0n) is 8.99. The third-order valence-corrected chi connectivity index (χ3v) is 2.98. The topological polar surface area (TPSA) is 102 Å². The fourth-order valence-electron chi connectivity index (χ4n) is 1.25. The fourth-order valence-corrected chi connectivity index (χ4v) is 2.07. The molecule has 6 nitrogen and oxygen atoms in total. The van der Waals surface area contributed by atoms with Gasteiger partial charge in [0.2, 0.25) is 0 Å². The van der Waals surface area contributed by atoms with Crippen molar-refractivity contribution in [3.8, 4) is 10.7 Å². The lowest BCUT2D eigenvalue weighted by molar-refractivity contribution is -0.138. The van der Waals surface area contributed by atoms with Crippen LogP contribution < -0.4 is 5.73 Å². The van der Waals surface area contributed by atoms with E-state index in [1.807, 2.05) is 0 Å². The normalized spacial score (nSPS) is 12.4. The molecule has 0 spiro atoms. The first-order valence-electron chi connectivity index (χ1n) is 4.82. The highest BCUT2D eigenvalue weighted by Crippen LogP contribution is 2.23. The van der Waals surface area contributed by atoms with Crippen LogP contribution in [-0.4, -0.2) is 26.0 Å². The van der Waals surface area contributed by atoms with Gasteiger partial charge in [-0.25, -0.2) is 15.0 Å². The zero-order valence-corrected chi connectivity index (χ0v) is 9.81. The number of aromatic nitrogens is 3. The second-order valence-corrected chi connectivity index (χ2v) is 4.24. The molecule has 88 valence electrons. The predicted octanol–water partition coefficient (Wildman–Crippen LogP) is 0.993. The van der Waals surface area contributed by atoms with Crippen LogP contribution in [0.4, 0.5) is 0 Å². The molecule has 0 aliphatic rings. The van der Waals surface area contributed by atoms with Crippen molar-refractivity contribution in [1.82, 2.24) is 15.0 Å². The van der Waals surface area contributed by atoms with E-state index in [1.54, 1.807) is 24.6 Å². The fraction of sp³-hybridized carbons (Fsp3) is 0.200. The molecule has 2 aromatic heterocycles. The van der Waals surface area contributed by atoms with Crippen molar-refractivity contribution in [2.75, 3.05) is 0 Å². The van der Waals surface area contributed by atoms with Crippen LogP contribution in [0.5, 0.6) is 0 Å². The predicted molar refractivity (Wildman–Crippen MR) is 62.4 cm³/mol. The summed E-state index contributed by atoms with van der Waals surface area (Å²) < 4.78 is 0. The van der Waals surface area contributed by atoms with Crippen LogP contribution in [0.25, 0.3) is 10.7 Å². The summed E-state index contributed by atoms with van der Waals surface area (Å²) in [4.78, 5) is 23.1. The average molecular weight is 250 g/mol. The molecule has 0 aliphatic carbocycles. The Hall–Kier alpha value is -1.86. The maximum absolute atomic E-state index is 10.7. The van der Waals surface area contributed by atoms with Crippen molar-refractivity contribution in [2.45, 2.75) is 13.0 Å². The first-order valence-corrected chi connectivity index (χ1v) is 5.69. The molecule has 1 atom stereocenters. The molecule has 7 heteroatoms. The third kappa shape index (κ3) is 2.45. The molecular weight excluding hydrogens is 240 g/mol. The molecule has 0 radical (unpaired) electrons. The van der Waals surface area contributed by atoms with E-state index in [2.05, 4.69) is 15.0 Å². The van der Waals surface area contributed by atoms with Crippen LogP contribution in [0.1, 0.15) is 17.6 Å². The number of carbonyl (C=O) groups is 1. The number of thiazole rings is 1. The summed E-state index contributed by atoms with van der Waals surface area (Å²) >= 11 is 1.31. The number of aryl methyl sites for hydroxylation is 1. The molecule has 1 unspecified atom stereocenters. The van der Waals surface area contributed by atoms with Gasteiger partial charge >= 0.3 is 5.97 Å². The van der Waals surface area contributed by atoms with Crippen LogP contribution in [0, 0.1) is 6.92 Å². The van der Waals surface area contributed by atoms with E-state index in [0.717, 1.165) is 0 Å². The molecular formula is C10H10N4O2S. The van der Waals surface area contributed by atoms with Crippen molar-refractivity contribution in [3.63, 3.8) is 0 Å². The molecule has 0 saturated carbocycles. The number of nitrogens with zero attached hydrogens (tertiary/aromatic N) is 3. The van der Waals surface area contributed by atoms with Gasteiger partial charge in [-0.05, 0) is 13.0 Å². The van der Waals surface area contributed by atoms with E-state index >= 15 is 0 Å². The largest absolute Gasteiger partial charge is 0.480 e. The number of carboxylic acids is 1. The molecule has 0 saturated heterocycles. The minimum atomic E-state index is -1.10. The maximum atomic E-state index is 10.7. The van der Waals surface area contributed by atoms with E-state index in [4.69, 9.17) is 10.8 Å². The van der Waals surface area contributed by atoms with Crippen LogP contribution in [0.3, 0.4) is 0 Å². The summed E-state index contributed by atoms with van der Waals surface area (Å²) in [5.74, 6) is -0.456. The highest BCUT2D eigenvalue weighted by Gasteiger charge is 2.18. The van der Waals surface area contributed by atoms with E-state index in [1.165, 1.54) is 11.3 Å². The van der Waals surface area contributed by atoms with Crippen molar-refractivity contribution >= 4 is 17.3 Å². The highest BCUT2D eigenvalue weighted by molar-refractivity contribution is 7.13. The minimum absolute atomic E-state index is 0.341. The number of nitrogens with two attached hydrogens (primary N) is 1. The van der Waals surface area contributed by atoms with Crippen LogP contribution >= 0.6 is 11.3 Å². The van der Waals surface area contributed by atoms with Gasteiger partial charge in [0.1, 0.15) is 22.6 Å².